The van der Waals surface area contributed by atoms with Gasteiger partial charge >= 0.3 is 5.97 Å². The van der Waals surface area contributed by atoms with E-state index in [0.29, 0.717) is 10.6 Å². The normalized spacial score (nSPS) is 11.8. The molecule has 0 saturated heterocycles. The third-order valence-corrected chi connectivity index (χ3v) is 5.67. The summed E-state index contributed by atoms with van der Waals surface area (Å²) in [6.07, 6.45) is -0.901. The Hall–Kier alpha value is -4.46. The van der Waals surface area contributed by atoms with Crippen LogP contribution >= 0.6 is 11.6 Å². The molecule has 198 valence electrons. The number of halogens is 1. The molecule has 37 heavy (non-hydrogen) atoms. The lowest BCUT2D eigenvalue weighted by Crippen LogP contribution is -2.27. The zero-order valence-electron chi connectivity index (χ0n) is 18.8. The highest BCUT2D eigenvalue weighted by molar-refractivity contribution is 6.30. The minimum atomic E-state index is -1.93. The first-order valence-electron chi connectivity index (χ1n) is 10.5. The molecule has 0 heterocycles. The first-order chi connectivity index (χ1) is 17.4. The van der Waals surface area contributed by atoms with Gasteiger partial charge in [0, 0.05) is 24.7 Å². The molecule has 0 aliphatic rings. The van der Waals surface area contributed by atoms with E-state index in [9.17, 15) is 55.9 Å². The fraction of sp³-hybridized carbons (Fsp3) is 0.174. The van der Waals surface area contributed by atoms with Crippen LogP contribution < -0.4 is 10.6 Å². The molecule has 13 nitrogen and oxygen atoms in total. The Morgan fingerprint density at radius 2 is 1.38 bits per heavy atom. The maximum Gasteiger partial charge on any atom is 0.343 e. The van der Waals surface area contributed by atoms with E-state index in [0.717, 1.165) is 0 Å². The number of hydrogen-bond acceptors (Lipinski definition) is 12. The number of carbonyl (C=O) groups is 1. The van der Waals surface area contributed by atoms with E-state index < -0.39 is 80.4 Å². The van der Waals surface area contributed by atoms with Gasteiger partial charge in [0.05, 0.1) is 17.2 Å². The lowest BCUT2D eigenvalue weighted by molar-refractivity contribution is 0.0689. The molecule has 0 aromatic heterocycles. The average Bonchev–Trinajstić information content (AvgIpc) is 2.84. The number of phenols is 8. The van der Waals surface area contributed by atoms with Gasteiger partial charge in [0.1, 0.15) is 17.0 Å². The highest BCUT2D eigenvalue weighted by Gasteiger charge is 2.34. The predicted molar refractivity (Wildman–Crippen MR) is 130 cm³/mol. The van der Waals surface area contributed by atoms with Crippen molar-refractivity contribution in [2.75, 3.05) is 25.0 Å². The topological polar surface area (TPSA) is 243 Å². The van der Waals surface area contributed by atoms with Crippen molar-refractivity contribution >= 4 is 23.3 Å². The number of anilines is 1. The molecule has 0 amide bonds. The molecule has 0 aliphatic carbocycles. The van der Waals surface area contributed by atoms with Crippen molar-refractivity contribution in [2.24, 2.45) is 0 Å². The number of aliphatic hydroxyl groups excluding tert-OH is 1. The molecule has 3 aromatic rings. The van der Waals surface area contributed by atoms with Gasteiger partial charge in [-0.15, -0.1) is 0 Å². The van der Waals surface area contributed by atoms with Crippen molar-refractivity contribution < 1.29 is 55.9 Å². The molecule has 0 fully saturated rings. The zero-order chi connectivity index (χ0) is 27.6. The van der Waals surface area contributed by atoms with Crippen LogP contribution in [0.5, 0.6) is 46.0 Å². The molecular formula is C23H23ClN2O11. The first-order valence-corrected chi connectivity index (χ1v) is 10.9. The second-order valence-corrected chi connectivity index (χ2v) is 8.23. The number of phenolic OH excluding ortho intramolecular Hbond substituents is 6. The van der Waals surface area contributed by atoms with Gasteiger partial charge in [-0.25, -0.2) is 4.79 Å². The largest absolute Gasteiger partial charge is 0.506 e. The highest BCUT2D eigenvalue weighted by Crippen LogP contribution is 2.60. The van der Waals surface area contributed by atoms with Gasteiger partial charge in [0.2, 0.25) is 11.5 Å². The minimum absolute atomic E-state index is 0.0494. The Labute approximate surface area is 213 Å². The SMILES string of the molecule is O=C(O)c1c(O)c(O)c(O)c(-c2c(O)c(O)c(O)c(NCCNCC(O)c3cccc(Cl)c3)c2O)c1O. The van der Waals surface area contributed by atoms with Crippen LogP contribution in [0.2, 0.25) is 5.02 Å². The molecule has 3 rings (SSSR count). The van der Waals surface area contributed by atoms with E-state index in [1.807, 2.05) is 0 Å². The predicted octanol–water partition coefficient (Wildman–Crippen LogP) is 2.09. The summed E-state index contributed by atoms with van der Waals surface area (Å²) in [4.78, 5) is 11.4. The molecule has 1 unspecified atom stereocenters. The minimum Gasteiger partial charge on any atom is -0.506 e. The van der Waals surface area contributed by atoms with E-state index in [4.69, 9.17) is 11.6 Å². The lowest BCUT2D eigenvalue weighted by atomic mass is 9.95. The maximum absolute atomic E-state index is 11.4. The molecule has 0 saturated carbocycles. The van der Waals surface area contributed by atoms with Crippen LogP contribution in [0.15, 0.2) is 24.3 Å². The Morgan fingerprint density at radius 3 is 1.97 bits per heavy atom. The summed E-state index contributed by atoms with van der Waals surface area (Å²) < 4.78 is 0. The number of aromatic carboxylic acids is 1. The Morgan fingerprint density at radius 1 is 0.784 bits per heavy atom. The second kappa shape index (κ2) is 10.7. The van der Waals surface area contributed by atoms with Gasteiger partial charge in [-0.05, 0) is 17.7 Å². The van der Waals surface area contributed by atoms with Gasteiger partial charge in [-0.2, -0.15) is 0 Å². The van der Waals surface area contributed by atoms with Crippen LogP contribution in [0.1, 0.15) is 22.0 Å². The summed E-state index contributed by atoms with van der Waals surface area (Å²) in [6, 6.07) is 6.59. The zero-order valence-corrected chi connectivity index (χ0v) is 19.5. The number of carboxylic acids is 1. The van der Waals surface area contributed by atoms with Crippen molar-refractivity contribution in [3.8, 4) is 57.1 Å². The van der Waals surface area contributed by atoms with Crippen LogP contribution in [0.25, 0.3) is 11.1 Å². The third kappa shape index (κ3) is 5.09. The Bertz CT molecular complexity index is 1360. The van der Waals surface area contributed by atoms with E-state index in [2.05, 4.69) is 10.6 Å². The lowest BCUT2D eigenvalue weighted by Gasteiger charge is -2.20. The van der Waals surface area contributed by atoms with Gasteiger partial charge in [-0.3, -0.25) is 0 Å². The quantitative estimate of drug-likeness (QED) is 0.106. The molecule has 3 aromatic carbocycles. The fourth-order valence-corrected chi connectivity index (χ4v) is 3.79. The molecule has 12 N–H and O–H groups in total. The van der Waals surface area contributed by atoms with Crippen molar-refractivity contribution in [3.05, 3.63) is 40.4 Å². The van der Waals surface area contributed by atoms with Gasteiger partial charge in [0.15, 0.2) is 28.7 Å². The molecule has 0 spiro atoms. The van der Waals surface area contributed by atoms with Gasteiger partial charge < -0.3 is 61.7 Å². The number of nitrogens with one attached hydrogen (secondary N) is 2. The maximum atomic E-state index is 11.4. The van der Waals surface area contributed by atoms with Crippen LogP contribution in [0.4, 0.5) is 5.69 Å². The average molecular weight is 539 g/mol. The number of aromatic hydroxyl groups is 8. The standard InChI is InChI=1S/C23H23ClN2O11/c24-9-3-1-2-8(6-9)10(27)7-25-4-5-26-14-16(29)12(18(31)22(35)20(14)33)11-15(28)13(23(36)37)19(32)21(34)17(11)30/h1-3,6,10,25-35H,4-5,7H2,(H,36,37). The van der Waals surface area contributed by atoms with E-state index in [1.165, 1.54) is 0 Å². The number of benzene rings is 3. The number of hydrogen-bond donors (Lipinski definition) is 12. The number of rotatable bonds is 9. The van der Waals surface area contributed by atoms with Crippen LogP contribution in [-0.2, 0) is 0 Å². The first kappa shape index (κ1) is 27.1. The van der Waals surface area contributed by atoms with Gasteiger partial charge in [-0.1, -0.05) is 23.7 Å². The van der Waals surface area contributed by atoms with E-state index >= 15 is 0 Å². The number of carboxylic acid groups (broad SMARTS) is 1. The van der Waals surface area contributed by atoms with Crippen molar-refractivity contribution in [1.82, 2.24) is 5.32 Å². The van der Waals surface area contributed by atoms with E-state index in [-0.39, 0.29) is 19.6 Å². The van der Waals surface area contributed by atoms with Crippen molar-refractivity contribution in [1.29, 1.82) is 0 Å². The molecule has 0 radical (unpaired) electrons. The van der Waals surface area contributed by atoms with Crippen LogP contribution in [0.3, 0.4) is 0 Å². The smallest absolute Gasteiger partial charge is 0.343 e. The Kier molecular flexibility index (Phi) is 7.81. The summed E-state index contributed by atoms with van der Waals surface area (Å²) >= 11 is 5.90. The summed E-state index contributed by atoms with van der Waals surface area (Å²) in [5.74, 6) is -12.0. The molecular weight excluding hydrogens is 516 g/mol. The highest BCUT2D eigenvalue weighted by atomic mass is 35.5. The molecule has 0 aliphatic heterocycles. The molecule has 14 heteroatoms. The second-order valence-electron chi connectivity index (χ2n) is 7.80. The summed E-state index contributed by atoms with van der Waals surface area (Å²) in [5.41, 5.74) is -3.31. The fourth-order valence-electron chi connectivity index (χ4n) is 3.59. The summed E-state index contributed by atoms with van der Waals surface area (Å²) in [6.45, 7) is 0.178. The molecule has 1 atom stereocenters. The summed E-state index contributed by atoms with van der Waals surface area (Å²) in [7, 11) is 0. The van der Waals surface area contributed by atoms with E-state index in [1.54, 1.807) is 24.3 Å². The number of aliphatic hydroxyl groups is 1. The summed E-state index contributed by atoms with van der Waals surface area (Å²) in [5, 5.41) is 107. The van der Waals surface area contributed by atoms with Crippen molar-refractivity contribution in [2.45, 2.75) is 6.10 Å². The van der Waals surface area contributed by atoms with Crippen LogP contribution in [0, 0.1) is 0 Å². The third-order valence-electron chi connectivity index (χ3n) is 5.43. The van der Waals surface area contributed by atoms with Crippen LogP contribution in [-0.4, -0.2) is 76.7 Å². The monoisotopic (exact) mass is 538 g/mol. The Balaban J connectivity index is 1.89. The van der Waals surface area contributed by atoms with Gasteiger partial charge in [0.25, 0.3) is 0 Å². The van der Waals surface area contributed by atoms with Crippen molar-refractivity contribution in [3.63, 3.8) is 0 Å². The molecule has 0 bridgehead atoms.